The van der Waals surface area contributed by atoms with Crippen LogP contribution in [-0.2, 0) is 4.74 Å². The number of aryl methyl sites for hydroxylation is 1. The molecule has 0 spiro atoms. The number of nitrogens with zero attached hydrogens (tertiary/aromatic N) is 1. The molecule has 0 saturated carbocycles. The summed E-state index contributed by atoms with van der Waals surface area (Å²) in [4.78, 5) is 6.19. The molecule has 19 heavy (non-hydrogen) atoms. The van der Waals surface area contributed by atoms with Crippen molar-refractivity contribution in [1.82, 2.24) is 4.98 Å². The Morgan fingerprint density at radius 2 is 1.89 bits per heavy atom. The molecule has 3 rings (SSSR count). The Balaban J connectivity index is 1.90. The van der Waals surface area contributed by atoms with Gasteiger partial charge in [-0.1, -0.05) is 28.1 Å². The molecule has 2 aromatic rings. The van der Waals surface area contributed by atoms with Crippen LogP contribution < -0.4 is 0 Å². The first-order valence-corrected chi connectivity index (χ1v) is 8.16. The average Bonchev–Trinajstić information content (AvgIpc) is 2.83. The van der Waals surface area contributed by atoms with Crippen molar-refractivity contribution in [1.29, 1.82) is 0 Å². The third kappa shape index (κ3) is 2.91. The van der Waals surface area contributed by atoms with Crippen molar-refractivity contribution in [2.24, 2.45) is 0 Å². The molecule has 100 valence electrons. The van der Waals surface area contributed by atoms with Gasteiger partial charge in [-0.2, -0.15) is 0 Å². The van der Waals surface area contributed by atoms with Crippen LogP contribution in [0.1, 0.15) is 28.6 Å². The van der Waals surface area contributed by atoms with Crippen LogP contribution in [0.2, 0.25) is 0 Å². The number of rotatable bonds is 2. The lowest BCUT2D eigenvalue weighted by Gasteiger charge is -2.19. The molecule has 1 fully saturated rings. The second-order valence-electron chi connectivity index (χ2n) is 4.85. The minimum absolute atomic E-state index is 0.585. The van der Waals surface area contributed by atoms with Gasteiger partial charge in [0.05, 0.1) is 10.7 Å². The van der Waals surface area contributed by atoms with Gasteiger partial charge in [-0.05, 0) is 31.9 Å². The highest BCUT2D eigenvalue weighted by molar-refractivity contribution is 9.10. The molecule has 1 saturated heterocycles. The van der Waals surface area contributed by atoms with Crippen LogP contribution in [0.4, 0.5) is 0 Å². The summed E-state index contributed by atoms with van der Waals surface area (Å²) in [7, 11) is 0. The molecular weight excluding hydrogens is 322 g/mol. The van der Waals surface area contributed by atoms with E-state index in [-0.39, 0.29) is 0 Å². The Labute approximate surface area is 126 Å². The third-order valence-electron chi connectivity index (χ3n) is 3.50. The summed E-state index contributed by atoms with van der Waals surface area (Å²) in [5.74, 6) is 0.585. The van der Waals surface area contributed by atoms with Crippen molar-refractivity contribution in [2.75, 3.05) is 13.2 Å². The van der Waals surface area contributed by atoms with Gasteiger partial charge in [-0.3, -0.25) is 0 Å². The highest BCUT2D eigenvalue weighted by Gasteiger charge is 2.21. The molecule has 1 aliphatic rings. The Morgan fingerprint density at radius 3 is 2.58 bits per heavy atom. The normalized spacial score (nSPS) is 16.7. The molecule has 1 aromatic heterocycles. The molecule has 0 aliphatic carbocycles. The number of aromatic nitrogens is 1. The lowest BCUT2D eigenvalue weighted by Crippen LogP contribution is -2.13. The first kappa shape index (κ1) is 13.3. The highest BCUT2D eigenvalue weighted by atomic mass is 79.9. The second kappa shape index (κ2) is 5.73. The summed E-state index contributed by atoms with van der Waals surface area (Å²) in [6.07, 6.45) is 2.21. The summed E-state index contributed by atoms with van der Waals surface area (Å²) < 4.78 is 6.53. The smallest absolute Gasteiger partial charge is 0.0968 e. The largest absolute Gasteiger partial charge is 0.381 e. The molecule has 0 bridgehead atoms. The molecular formula is C15H16BrNOS. The first-order chi connectivity index (χ1) is 9.24. The van der Waals surface area contributed by atoms with Gasteiger partial charge >= 0.3 is 0 Å². The van der Waals surface area contributed by atoms with E-state index in [4.69, 9.17) is 9.72 Å². The van der Waals surface area contributed by atoms with E-state index in [0.29, 0.717) is 5.92 Å². The zero-order chi connectivity index (χ0) is 13.2. The highest BCUT2D eigenvalue weighted by Crippen LogP contribution is 2.35. The van der Waals surface area contributed by atoms with Crippen LogP contribution >= 0.6 is 27.3 Å². The van der Waals surface area contributed by atoms with Crippen molar-refractivity contribution in [2.45, 2.75) is 25.7 Å². The maximum atomic E-state index is 5.43. The Kier molecular flexibility index (Phi) is 4.01. The van der Waals surface area contributed by atoms with Crippen molar-refractivity contribution in [3.05, 3.63) is 38.6 Å². The van der Waals surface area contributed by atoms with E-state index in [2.05, 4.69) is 47.1 Å². The zero-order valence-corrected chi connectivity index (χ0v) is 13.3. The lowest BCUT2D eigenvalue weighted by molar-refractivity contribution is 0.0853. The quantitative estimate of drug-likeness (QED) is 0.786. The zero-order valence-electron chi connectivity index (χ0n) is 10.9. The predicted octanol–water partition coefficient (Wildman–Crippen LogP) is 4.78. The second-order valence-corrected chi connectivity index (χ2v) is 7.00. The summed E-state index contributed by atoms with van der Waals surface area (Å²) in [6, 6.07) is 8.39. The van der Waals surface area contributed by atoms with Crippen LogP contribution in [0.5, 0.6) is 0 Å². The predicted molar refractivity (Wildman–Crippen MR) is 82.8 cm³/mol. The minimum atomic E-state index is 0.585. The molecule has 0 amide bonds. The molecule has 1 aliphatic heterocycles. The number of hydrogen-bond donors (Lipinski definition) is 0. The molecule has 0 atom stereocenters. The average molecular weight is 338 g/mol. The van der Waals surface area contributed by atoms with Gasteiger partial charge in [-0.15, -0.1) is 11.3 Å². The van der Waals surface area contributed by atoms with Crippen molar-refractivity contribution in [3.8, 4) is 11.3 Å². The number of benzene rings is 1. The molecule has 1 aromatic carbocycles. The van der Waals surface area contributed by atoms with Gasteiger partial charge in [0.15, 0.2) is 0 Å². The summed E-state index contributed by atoms with van der Waals surface area (Å²) >= 11 is 5.31. The van der Waals surface area contributed by atoms with Crippen LogP contribution in [-0.4, -0.2) is 18.2 Å². The monoisotopic (exact) mass is 337 g/mol. The number of thiazole rings is 1. The van der Waals surface area contributed by atoms with Gasteiger partial charge in [0.2, 0.25) is 0 Å². The molecule has 2 nitrogen and oxygen atoms in total. The number of hydrogen-bond acceptors (Lipinski definition) is 3. The van der Waals surface area contributed by atoms with Gasteiger partial charge in [-0.25, -0.2) is 4.98 Å². The summed E-state index contributed by atoms with van der Waals surface area (Å²) in [5, 5.41) is 1.28. The van der Waals surface area contributed by atoms with Gasteiger partial charge in [0, 0.05) is 34.0 Å². The van der Waals surface area contributed by atoms with Crippen LogP contribution in [0, 0.1) is 6.92 Å². The molecule has 4 heteroatoms. The van der Waals surface area contributed by atoms with E-state index in [1.165, 1.54) is 15.4 Å². The maximum Gasteiger partial charge on any atom is 0.0968 e. The van der Waals surface area contributed by atoms with E-state index in [9.17, 15) is 0 Å². The summed E-state index contributed by atoms with van der Waals surface area (Å²) in [6.45, 7) is 3.91. The van der Waals surface area contributed by atoms with Gasteiger partial charge in [0.1, 0.15) is 0 Å². The van der Waals surface area contributed by atoms with Crippen molar-refractivity contribution < 1.29 is 4.74 Å². The van der Waals surface area contributed by atoms with Crippen LogP contribution in [0.3, 0.4) is 0 Å². The Bertz CT molecular complexity index is 558. The van der Waals surface area contributed by atoms with Crippen LogP contribution in [0.25, 0.3) is 11.3 Å². The van der Waals surface area contributed by atoms with Crippen molar-refractivity contribution in [3.63, 3.8) is 0 Å². The van der Waals surface area contributed by atoms with Crippen LogP contribution in [0.15, 0.2) is 28.7 Å². The van der Waals surface area contributed by atoms with E-state index in [1.54, 1.807) is 0 Å². The minimum Gasteiger partial charge on any atom is -0.381 e. The molecule has 0 radical (unpaired) electrons. The molecule has 0 unspecified atom stereocenters. The number of halogens is 1. The molecule has 0 N–H and O–H groups in total. The fraction of sp³-hybridized carbons (Fsp3) is 0.400. The lowest BCUT2D eigenvalue weighted by atomic mass is 10.0. The fourth-order valence-electron chi connectivity index (χ4n) is 2.41. The fourth-order valence-corrected chi connectivity index (χ4v) is 3.79. The van der Waals surface area contributed by atoms with Crippen molar-refractivity contribution >= 4 is 27.3 Å². The van der Waals surface area contributed by atoms with E-state index in [1.807, 2.05) is 11.3 Å². The number of ether oxygens (including phenoxy) is 1. The van der Waals surface area contributed by atoms with E-state index >= 15 is 0 Å². The van der Waals surface area contributed by atoms with Gasteiger partial charge < -0.3 is 4.74 Å². The maximum absolute atomic E-state index is 5.43. The first-order valence-electron chi connectivity index (χ1n) is 6.55. The topological polar surface area (TPSA) is 22.1 Å². The SMILES string of the molecule is Cc1sc(C2CCOCC2)nc1-c1ccc(Br)cc1. The Hall–Kier alpha value is -0.710. The van der Waals surface area contributed by atoms with Gasteiger partial charge in [0.25, 0.3) is 0 Å². The standard InChI is InChI=1S/C15H16BrNOS/c1-10-14(11-2-4-13(16)5-3-11)17-15(19-10)12-6-8-18-9-7-12/h2-5,12H,6-9H2,1H3. The molecule has 2 heterocycles. The Morgan fingerprint density at radius 1 is 1.21 bits per heavy atom. The van der Waals surface area contributed by atoms with E-state index in [0.717, 1.165) is 36.2 Å². The van der Waals surface area contributed by atoms with E-state index < -0.39 is 0 Å². The third-order valence-corrected chi connectivity index (χ3v) is 5.16. The summed E-state index contributed by atoms with van der Waals surface area (Å²) in [5.41, 5.74) is 2.34.